The molecule has 1 N–H and O–H groups in total. The van der Waals surface area contributed by atoms with E-state index in [0.29, 0.717) is 13.0 Å². The zero-order valence-electron chi connectivity index (χ0n) is 7.73. The lowest BCUT2D eigenvalue weighted by Crippen LogP contribution is -2.38. The quantitative estimate of drug-likeness (QED) is 0.620. The van der Waals surface area contributed by atoms with E-state index in [-0.39, 0.29) is 11.5 Å². The van der Waals surface area contributed by atoms with Crippen LogP contribution in [-0.2, 0) is 9.53 Å². The molecule has 0 aromatic heterocycles. The average Bonchev–Trinajstić information content (AvgIpc) is 1.87. The first kappa shape index (κ1) is 10.4. The molecule has 0 rings (SSSR count). The van der Waals surface area contributed by atoms with Gasteiger partial charge in [0.1, 0.15) is 0 Å². The Bertz CT molecular complexity index is 132. The van der Waals surface area contributed by atoms with Crippen LogP contribution in [-0.4, -0.2) is 25.2 Å². The van der Waals surface area contributed by atoms with Crippen LogP contribution >= 0.6 is 0 Å². The highest BCUT2D eigenvalue weighted by Gasteiger charge is 2.19. The number of ether oxygens (including phenoxy) is 1. The van der Waals surface area contributed by atoms with Gasteiger partial charge in [-0.15, -0.1) is 0 Å². The Morgan fingerprint density at radius 2 is 2.09 bits per heavy atom. The molecule has 3 heteroatoms. The average molecular weight is 159 g/mol. The summed E-state index contributed by atoms with van der Waals surface area (Å²) in [4.78, 5) is 11.0. The summed E-state index contributed by atoms with van der Waals surface area (Å²) in [6.45, 7) is 6.19. The molecule has 0 bridgehead atoms. The molecule has 0 aliphatic rings. The minimum atomic E-state index is -0.160. The fourth-order valence-corrected chi connectivity index (χ4v) is 0.661. The van der Waals surface area contributed by atoms with E-state index >= 15 is 0 Å². The van der Waals surface area contributed by atoms with Gasteiger partial charge in [-0.25, -0.2) is 0 Å². The number of esters is 1. The number of carbonyl (C=O) groups excluding carboxylic acids is 1. The third-order valence-corrected chi connectivity index (χ3v) is 1.57. The molecular weight excluding hydrogens is 142 g/mol. The molecule has 0 aliphatic carbocycles. The third-order valence-electron chi connectivity index (χ3n) is 1.57. The van der Waals surface area contributed by atoms with Crippen molar-refractivity contribution >= 4 is 5.97 Å². The first-order valence-electron chi connectivity index (χ1n) is 3.86. The predicted octanol–water partition coefficient (Wildman–Crippen LogP) is 0.938. The molecule has 0 atom stereocenters. The van der Waals surface area contributed by atoms with Crippen molar-refractivity contribution in [2.24, 2.45) is 0 Å². The SMILES string of the molecule is CCOC(=O)CC(C)(C)NC. The molecule has 66 valence electrons. The van der Waals surface area contributed by atoms with Crippen LogP contribution in [0.5, 0.6) is 0 Å². The van der Waals surface area contributed by atoms with Crippen molar-refractivity contribution in [3.63, 3.8) is 0 Å². The van der Waals surface area contributed by atoms with Gasteiger partial charge in [-0.2, -0.15) is 0 Å². The number of rotatable bonds is 4. The molecule has 0 aromatic carbocycles. The van der Waals surface area contributed by atoms with Crippen molar-refractivity contribution in [2.75, 3.05) is 13.7 Å². The van der Waals surface area contributed by atoms with Crippen LogP contribution in [0.1, 0.15) is 27.2 Å². The number of hydrogen-bond acceptors (Lipinski definition) is 3. The largest absolute Gasteiger partial charge is 0.466 e. The third kappa shape index (κ3) is 4.79. The lowest BCUT2D eigenvalue weighted by atomic mass is 10.0. The fraction of sp³-hybridized carbons (Fsp3) is 0.875. The summed E-state index contributed by atoms with van der Waals surface area (Å²) in [7, 11) is 1.83. The Morgan fingerprint density at radius 1 is 1.55 bits per heavy atom. The highest BCUT2D eigenvalue weighted by molar-refractivity contribution is 5.70. The first-order chi connectivity index (χ1) is 5.02. The van der Waals surface area contributed by atoms with E-state index in [9.17, 15) is 4.79 Å². The maximum atomic E-state index is 11.0. The number of nitrogens with one attached hydrogen (secondary N) is 1. The van der Waals surface area contributed by atoms with Gasteiger partial charge in [-0.3, -0.25) is 4.79 Å². The normalized spacial score (nSPS) is 11.3. The van der Waals surface area contributed by atoms with Gasteiger partial charge in [0.2, 0.25) is 0 Å². The molecule has 0 heterocycles. The highest BCUT2D eigenvalue weighted by Crippen LogP contribution is 2.07. The van der Waals surface area contributed by atoms with Gasteiger partial charge in [-0.1, -0.05) is 0 Å². The van der Waals surface area contributed by atoms with Gasteiger partial charge < -0.3 is 10.1 Å². The van der Waals surface area contributed by atoms with Crippen LogP contribution in [0.3, 0.4) is 0 Å². The van der Waals surface area contributed by atoms with Crippen LogP contribution in [0.2, 0.25) is 0 Å². The summed E-state index contributed by atoms with van der Waals surface area (Å²) in [5, 5.41) is 3.03. The molecule has 0 amide bonds. The van der Waals surface area contributed by atoms with E-state index in [1.165, 1.54) is 0 Å². The van der Waals surface area contributed by atoms with Crippen molar-refractivity contribution in [1.82, 2.24) is 5.32 Å². The Hall–Kier alpha value is -0.570. The molecule has 3 nitrogen and oxygen atoms in total. The monoisotopic (exact) mass is 159 g/mol. The summed E-state index contributed by atoms with van der Waals surface area (Å²) in [5.41, 5.74) is -0.160. The Balaban J connectivity index is 3.74. The van der Waals surface area contributed by atoms with Gasteiger partial charge in [0.05, 0.1) is 13.0 Å². The van der Waals surface area contributed by atoms with Crippen molar-refractivity contribution in [3.05, 3.63) is 0 Å². The Morgan fingerprint density at radius 3 is 2.45 bits per heavy atom. The van der Waals surface area contributed by atoms with Crippen molar-refractivity contribution < 1.29 is 9.53 Å². The van der Waals surface area contributed by atoms with Crippen molar-refractivity contribution in [3.8, 4) is 0 Å². The lowest BCUT2D eigenvalue weighted by molar-refractivity contribution is -0.144. The van der Waals surface area contributed by atoms with E-state index in [2.05, 4.69) is 5.32 Å². The fourth-order valence-electron chi connectivity index (χ4n) is 0.661. The van der Waals surface area contributed by atoms with Gasteiger partial charge in [-0.05, 0) is 27.8 Å². The van der Waals surface area contributed by atoms with Gasteiger partial charge in [0, 0.05) is 5.54 Å². The molecule has 0 saturated carbocycles. The van der Waals surface area contributed by atoms with Crippen molar-refractivity contribution in [2.45, 2.75) is 32.7 Å². The van der Waals surface area contributed by atoms with Gasteiger partial charge in [0.25, 0.3) is 0 Å². The van der Waals surface area contributed by atoms with Crippen molar-refractivity contribution in [1.29, 1.82) is 0 Å². The minimum absolute atomic E-state index is 0.146. The van der Waals surface area contributed by atoms with Crippen LogP contribution in [0.15, 0.2) is 0 Å². The zero-order valence-corrected chi connectivity index (χ0v) is 7.73. The van der Waals surface area contributed by atoms with E-state index in [0.717, 1.165) is 0 Å². The highest BCUT2D eigenvalue weighted by atomic mass is 16.5. The van der Waals surface area contributed by atoms with E-state index in [4.69, 9.17) is 4.74 Å². The lowest BCUT2D eigenvalue weighted by Gasteiger charge is -2.22. The summed E-state index contributed by atoms with van der Waals surface area (Å²) < 4.78 is 4.80. The zero-order chi connectivity index (χ0) is 8.91. The molecule has 0 aliphatic heterocycles. The van der Waals surface area contributed by atoms with Crippen LogP contribution in [0.25, 0.3) is 0 Å². The molecule has 0 radical (unpaired) electrons. The number of carbonyl (C=O) groups is 1. The van der Waals surface area contributed by atoms with Crippen LogP contribution in [0, 0.1) is 0 Å². The maximum absolute atomic E-state index is 11.0. The predicted molar refractivity (Wildman–Crippen MR) is 44.4 cm³/mol. The maximum Gasteiger partial charge on any atom is 0.307 e. The molecule has 0 fully saturated rings. The van der Waals surface area contributed by atoms with Crippen LogP contribution < -0.4 is 5.32 Å². The molecule has 0 saturated heterocycles. The minimum Gasteiger partial charge on any atom is -0.466 e. The summed E-state index contributed by atoms with van der Waals surface area (Å²) >= 11 is 0. The summed E-state index contributed by atoms with van der Waals surface area (Å²) in [6.07, 6.45) is 0.414. The topological polar surface area (TPSA) is 38.3 Å². The van der Waals surface area contributed by atoms with E-state index in [1.54, 1.807) is 0 Å². The molecular formula is C8H17NO2. The first-order valence-corrected chi connectivity index (χ1v) is 3.86. The molecule has 0 spiro atoms. The second-order valence-corrected chi connectivity index (χ2v) is 3.12. The second kappa shape index (κ2) is 4.34. The standard InChI is InChI=1S/C8H17NO2/c1-5-11-7(10)6-8(2,3)9-4/h9H,5-6H2,1-4H3. The van der Waals surface area contributed by atoms with Gasteiger partial charge >= 0.3 is 5.97 Å². The molecule has 11 heavy (non-hydrogen) atoms. The Labute approximate surface area is 68.1 Å². The van der Waals surface area contributed by atoms with Gasteiger partial charge in [0.15, 0.2) is 0 Å². The van der Waals surface area contributed by atoms with E-state index < -0.39 is 0 Å². The summed E-state index contributed by atoms with van der Waals surface area (Å²) in [6, 6.07) is 0. The molecule has 0 unspecified atom stereocenters. The van der Waals surface area contributed by atoms with E-state index in [1.807, 2.05) is 27.8 Å². The molecule has 0 aromatic rings. The summed E-state index contributed by atoms with van der Waals surface area (Å²) in [5.74, 6) is -0.146. The number of hydrogen-bond donors (Lipinski definition) is 1. The van der Waals surface area contributed by atoms with Crippen LogP contribution in [0.4, 0.5) is 0 Å². The Kier molecular flexibility index (Phi) is 4.11. The second-order valence-electron chi connectivity index (χ2n) is 3.12. The smallest absolute Gasteiger partial charge is 0.307 e.